The fraction of sp³-hybridized carbons (Fsp3) is 0.118. The van der Waals surface area contributed by atoms with Gasteiger partial charge in [0.1, 0.15) is 0 Å². The molecule has 0 atom stereocenters. The Morgan fingerprint density at radius 1 is 0.366 bits per heavy atom. The second-order valence-corrected chi connectivity index (χ2v) is 24.6. The van der Waals surface area contributed by atoms with Gasteiger partial charge in [-0.1, -0.05) is 0 Å². The van der Waals surface area contributed by atoms with Crippen LogP contribution in [0, 0.1) is 27.7 Å². The van der Waals surface area contributed by atoms with E-state index < -0.39 is 17.8 Å². The summed E-state index contributed by atoms with van der Waals surface area (Å²) in [5.41, 5.74) is 4.53. The summed E-state index contributed by atoms with van der Waals surface area (Å²) in [6, 6.07) is 34.2. The van der Waals surface area contributed by atoms with Crippen molar-refractivity contribution in [3.05, 3.63) is 144 Å². The predicted molar refractivity (Wildman–Crippen MR) is 181 cm³/mol. The van der Waals surface area contributed by atoms with Gasteiger partial charge in [-0.3, -0.25) is 0 Å². The summed E-state index contributed by atoms with van der Waals surface area (Å²) < 4.78 is 11.8. The molecular weight excluding hydrogens is 723 g/mol. The number of halogens is 5. The van der Waals surface area contributed by atoms with E-state index in [-0.39, 0.29) is 30.9 Å². The zero-order chi connectivity index (χ0) is 29.6. The molecule has 0 unspecified atom stereocenters. The van der Waals surface area contributed by atoms with Gasteiger partial charge in [0.2, 0.25) is 0 Å². The molecule has 0 aliphatic carbocycles. The van der Waals surface area contributed by atoms with Gasteiger partial charge in [0.05, 0.1) is 0 Å². The van der Waals surface area contributed by atoms with Crippen LogP contribution in [0.3, 0.4) is 0 Å². The Morgan fingerprint density at radius 3 is 0.829 bits per heavy atom. The molecule has 0 aliphatic heterocycles. The van der Waals surface area contributed by atoms with E-state index in [1.165, 1.54) is 0 Å². The molecule has 0 aromatic heterocycles. The second kappa shape index (κ2) is 11.7. The first-order valence-corrected chi connectivity index (χ1v) is 21.0. The van der Waals surface area contributed by atoms with Gasteiger partial charge in [0.25, 0.3) is 0 Å². The quantitative estimate of drug-likeness (QED) is 0.0957. The molecule has 0 heterocycles. The monoisotopic (exact) mass is 748 g/mol. The molecule has 0 saturated carbocycles. The summed E-state index contributed by atoms with van der Waals surface area (Å²) in [6.45, 7) is 8.29. The molecule has 5 aromatic carbocycles. The minimum absolute atomic E-state index is 0.0841. The molecule has 5 rings (SSSR count). The van der Waals surface area contributed by atoms with Crippen molar-refractivity contribution in [2.75, 3.05) is 0 Å². The van der Waals surface area contributed by atoms with Crippen LogP contribution in [-0.2, 0) is 0 Å². The average molecular weight is 752 g/mol. The molecule has 0 saturated heterocycles. The van der Waals surface area contributed by atoms with Crippen LogP contribution in [0.5, 0.6) is 5.75 Å². The van der Waals surface area contributed by atoms with E-state index in [1.807, 2.05) is 0 Å². The molecule has 210 valence electrons. The molecule has 0 N–H and O–H groups in total. The van der Waals surface area contributed by atoms with Crippen LogP contribution >= 0.6 is 58.0 Å². The molecule has 0 radical (unpaired) electrons. The standard InChI is InChI=1S/4C7H7.C6HCl5O.Sb/c4*1-7-5-3-2-4-6-7;7-1-2(8)4(10)6(12)5(11)3(1)9;/h4*3-6H,1H3;12H;/q;;;;;+1/p-1. The number of hydrogen-bond acceptors (Lipinski definition) is 1. The van der Waals surface area contributed by atoms with Crippen LogP contribution in [0.15, 0.2) is 97.1 Å². The molecule has 0 aliphatic rings. The van der Waals surface area contributed by atoms with E-state index in [0.717, 1.165) is 36.3 Å². The first-order valence-electron chi connectivity index (χ1n) is 13.0. The summed E-state index contributed by atoms with van der Waals surface area (Å²) in [5.74, 6) is 0.205. The van der Waals surface area contributed by atoms with Gasteiger partial charge in [-0.25, -0.2) is 0 Å². The van der Waals surface area contributed by atoms with Crippen molar-refractivity contribution in [1.29, 1.82) is 0 Å². The zero-order valence-electron chi connectivity index (χ0n) is 23.0. The minimum atomic E-state index is -5.44. The van der Waals surface area contributed by atoms with Crippen LogP contribution in [-0.4, -0.2) is 17.8 Å². The van der Waals surface area contributed by atoms with Crippen molar-refractivity contribution in [1.82, 2.24) is 0 Å². The van der Waals surface area contributed by atoms with Gasteiger partial charge >= 0.3 is 271 Å². The number of aryl methyl sites for hydroxylation is 4. The molecule has 7 heteroatoms. The maximum atomic E-state index is 7.68. The van der Waals surface area contributed by atoms with E-state index in [1.54, 1.807) is 0 Å². The van der Waals surface area contributed by atoms with Gasteiger partial charge in [0, 0.05) is 0 Å². The Morgan fingerprint density at radius 2 is 0.585 bits per heavy atom. The average Bonchev–Trinajstić information content (AvgIpc) is 2.98. The van der Waals surface area contributed by atoms with Crippen LogP contribution < -0.4 is 17.1 Å². The van der Waals surface area contributed by atoms with Crippen molar-refractivity contribution in [3.63, 3.8) is 0 Å². The molecule has 0 bridgehead atoms. The molecule has 0 spiro atoms. The summed E-state index contributed by atoms with van der Waals surface area (Å²) in [4.78, 5) is 0. The summed E-state index contributed by atoms with van der Waals surface area (Å²) in [7, 11) is 0. The Kier molecular flexibility index (Phi) is 8.73. The summed E-state index contributed by atoms with van der Waals surface area (Å²) in [5, 5.41) is 0.491. The van der Waals surface area contributed by atoms with Crippen molar-refractivity contribution < 1.29 is 3.02 Å². The van der Waals surface area contributed by atoms with Crippen LogP contribution in [0.1, 0.15) is 22.3 Å². The maximum absolute atomic E-state index is 7.68. The Balaban J connectivity index is 2.10. The van der Waals surface area contributed by atoms with Crippen LogP contribution in [0.2, 0.25) is 25.1 Å². The molecule has 0 amide bonds. The Hall–Kier alpha value is -1.83. The van der Waals surface area contributed by atoms with Crippen LogP contribution in [0.4, 0.5) is 0 Å². The van der Waals surface area contributed by atoms with E-state index in [9.17, 15) is 0 Å². The third-order valence-electron chi connectivity index (χ3n) is 7.55. The summed E-state index contributed by atoms with van der Waals surface area (Å²) in [6.07, 6.45) is 0. The van der Waals surface area contributed by atoms with E-state index in [0.29, 0.717) is 0 Å². The fourth-order valence-corrected chi connectivity index (χ4v) is 22.9. The number of rotatable bonds is 6. The Labute approximate surface area is 268 Å². The summed E-state index contributed by atoms with van der Waals surface area (Å²) >= 11 is 28.2. The third-order valence-corrected chi connectivity index (χ3v) is 26.0. The first-order chi connectivity index (χ1) is 19.5. The number of hydrogen-bond donors (Lipinski definition) is 0. The SMILES string of the molecule is Cc1cc[c]([Sb]([O]c2c(Cl)c(Cl)c(Cl)c(Cl)c2Cl)([c]2ccc(C)cc2)([c]2ccc(C)cc2)[c]2ccc(C)cc2)cc1. The molecule has 0 fully saturated rings. The van der Waals surface area contributed by atoms with E-state index in [2.05, 4.69) is 125 Å². The van der Waals surface area contributed by atoms with Crippen molar-refractivity contribution >= 4 is 89.9 Å². The van der Waals surface area contributed by atoms with Gasteiger partial charge in [-0.2, -0.15) is 0 Å². The molecular formula is C34H28Cl5OSb. The van der Waals surface area contributed by atoms with Gasteiger partial charge in [0.15, 0.2) is 0 Å². The first kappa shape index (κ1) is 30.6. The molecule has 5 aromatic rings. The predicted octanol–water partition coefficient (Wildman–Crippen LogP) is 9.09. The van der Waals surface area contributed by atoms with Gasteiger partial charge < -0.3 is 0 Å². The molecule has 1 nitrogen and oxygen atoms in total. The van der Waals surface area contributed by atoms with Crippen molar-refractivity contribution in [3.8, 4) is 5.75 Å². The third kappa shape index (κ3) is 4.98. The van der Waals surface area contributed by atoms with E-state index >= 15 is 0 Å². The molecule has 41 heavy (non-hydrogen) atoms. The van der Waals surface area contributed by atoms with Gasteiger partial charge in [-0.05, 0) is 0 Å². The Bertz CT molecular complexity index is 1510. The van der Waals surface area contributed by atoms with E-state index in [4.69, 9.17) is 61.0 Å². The topological polar surface area (TPSA) is 9.23 Å². The van der Waals surface area contributed by atoms with Crippen molar-refractivity contribution in [2.45, 2.75) is 27.7 Å². The normalized spacial score (nSPS) is 12.6. The fourth-order valence-electron chi connectivity index (χ4n) is 5.27. The number of benzene rings is 5. The van der Waals surface area contributed by atoms with Crippen LogP contribution in [0.25, 0.3) is 0 Å². The zero-order valence-corrected chi connectivity index (χ0v) is 29.3. The van der Waals surface area contributed by atoms with Gasteiger partial charge in [-0.15, -0.1) is 0 Å². The second-order valence-electron chi connectivity index (χ2n) is 10.4. The van der Waals surface area contributed by atoms with Crippen molar-refractivity contribution in [2.24, 2.45) is 0 Å².